The van der Waals surface area contributed by atoms with Gasteiger partial charge in [0.2, 0.25) is 0 Å². The minimum atomic E-state index is 0.144. The molecule has 1 fully saturated rings. The number of amides is 1. The summed E-state index contributed by atoms with van der Waals surface area (Å²) in [6.45, 7) is 7.05. The van der Waals surface area contributed by atoms with Crippen molar-refractivity contribution in [1.29, 1.82) is 0 Å². The molecule has 1 aliphatic rings. The number of pyridine rings is 1. The molecule has 2 rings (SSSR count). The van der Waals surface area contributed by atoms with Crippen LogP contribution in [-0.4, -0.2) is 35.4 Å². The molecule has 116 valence electrons. The van der Waals surface area contributed by atoms with Gasteiger partial charge in [-0.1, -0.05) is 26.7 Å². The van der Waals surface area contributed by atoms with Crippen LogP contribution in [0.1, 0.15) is 68.4 Å². The normalized spacial score (nSPS) is 15.5. The lowest BCUT2D eigenvalue weighted by molar-refractivity contribution is 0.0693. The van der Waals surface area contributed by atoms with Crippen molar-refractivity contribution in [3.8, 4) is 0 Å². The van der Waals surface area contributed by atoms with Gasteiger partial charge in [-0.15, -0.1) is 0 Å². The van der Waals surface area contributed by atoms with Gasteiger partial charge in [0, 0.05) is 30.9 Å². The fourth-order valence-electron chi connectivity index (χ4n) is 3.05. The Morgan fingerprint density at radius 2 is 2.05 bits per heavy atom. The van der Waals surface area contributed by atoms with Crippen molar-refractivity contribution in [3.63, 3.8) is 0 Å². The first-order valence-electron chi connectivity index (χ1n) is 8.07. The molecular formula is C17H27N3O. The van der Waals surface area contributed by atoms with Crippen LogP contribution in [0.25, 0.3) is 0 Å². The van der Waals surface area contributed by atoms with Gasteiger partial charge < -0.3 is 10.2 Å². The molecule has 1 aliphatic carbocycles. The summed E-state index contributed by atoms with van der Waals surface area (Å²) in [5.74, 6) is 1.23. The highest BCUT2D eigenvalue weighted by Gasteiger charge is 2.26. The highest BCUT2D eigenvalue weighted by atomic mass is 16.2. The zero-order chi connectivity index (χ0) is 15.4. The minimum absolute atomic E-state index is 0.144. The molecule has 1 saturated carbocycles. The standard InChI is InChI=1S/C17H27N3O/c1-5-20(14-8-6-7-9-14)17(21)13-10-15(12(2)3)19-16(11-13)18-4/h10-12,14H,5-9H2,1-4H3,(H,18,19). The number of nitrogens with one attached hydrogen (secondary N) is 1. The molecule has 4 heteroatoms. The Balaban J connectivity index is 2.30. The topological polar surface area (TPSA) is 45.2 Å². The average Bonchev–Trinajstić information content (AvgIpc) is 3.01. The second-order valence-electron chi connectivity index (χ2n) is 6.10. The molecule has 0 bridgehead atoms. The van der Waals surface area contributed by atoms with Crippen LogP contribution in [0.4, 0.5) is 5.82 Å². The van der Waals surface area contributed by atoms with Gasteiger partial charge in [0.15, 0.2) is 0 Å². The molecule has 21 heavy (non-hydrogen) atoms. The summed E-state index contributed by atoms with van der Waals surface area (Å²) in [5, 5.41) is 3.06. The highest BCUT2D eigenvalue weighted by Crippen LogP contribution is 2.26. The molecule has 0 radical (unpaired) electrons. The maximum absolute atomic E-state index is 12.9. The summed E-state index contributed by atoms with van der Waals surface area (Å²) in [6, 6.07) is 4.23. The van der Waals surface area contributed by atoms with Crippen molar-refractivity contribution in [3.05, 3.63) is 23.4 Å². The quantitative estimate of drug-likeness (QED) is 0.900. The SMILES string of the molecule is CCN(C(=O)c1cc(NC)nc(C(C)C)c1)C1CCCC1. The van der Waals surface area contributed by atoms with E-state index in [9.17, 15) is 4.79 Å². The molecule has 1 amide bonds. The first-order valence-corrected chi connectivity index (χ1v) is 8.07. The molecule has 0 aromatic carbocycles. The first kappa shape index (κ1) is 15.8. The van der Waals surface area contributed by atoms with E-state index in [1.54, 1.807) is 0 Å². The van der Waals surface area contributed by atoms with Crippen LogP contribution in [0.2, 0.25) is 0 Å². The zero-order valence-corrected chi connectivity index (χ0v) is 13.6. The molecule has 1 N–H and O–H groups in total. The number of rotatable bonds is 5. The Kier molecular flexibility index (Phi) is 5.21. The molecule has 1 heterocycles. The Labute approximate surface area is 127 Å². The fourth-order valence-corrected chi connectivity index (χ4v) is 3.05. The molecule has 4 nitrogen and oxygen atoms in total. The molecule has 0 atom stereocenters. The predicted octanol–water partition coefficient (Wildman–Crippen LogP) is 3.65. The Hall–Kier alpha value is -1.58. The molecule has 1 aromatic rings. The van der Waals surface area contributed by atoms with Crippen molar-refractivity contribution in [2.75, 3.05) is 18.9 Å². The van der Waals surface area contributed by atoms with Crippen molar-refractivity contribution in [2.45, 2.75) is 58.4 Å². The third-order valence-corrected chi connectivity index (χ3v) is 4.31. The number of carbonyl (C=O) groups excluding carboxylic acids is 1. The monoisotopic (exact) mass is 289 g/mol. The summed E-state index contributed by atoms with van der Waals surface area (Å²) in [6.07, 6.45) is 4.76. The van der Waals surface area contributed by atoms with Gasteiger partial charge in [-0.3, -0.25) is 4.79 Å². The molecule has 0 saturated heterocycles. The van der Waals surface area contributed by atoms with Crippen LogP contribution in [0.3, 0.4) is 0 Å². The summed E-state index contributed by atoms with van der Waals surface area (Å²) < 4.78 is 0. The van der Waals surface area contributed by atoms with Gasteiger partial charge in [0.1, 0.15) is 5.82 Å². The van der Waals surface area contributed by atoms with E-state index in [1.807, 2.05) is 24.1 Å². The minimum Gasteiger partial charge on any atom is -0.373 e. The van der Waals surface area contributed by atoms with Crippen molar-refractivity contribution < 1.29 is 4.79 Å². The molecular weight excluding hydrogens is 262 g/mol. The Morgan fingerprint density at radius 1 is 1.38 bits per heavy atom. The van der Waals surface area contributed by atoms with Gasteiger partial charge in [-0.05, 0) is 37.8 Å². The summed E-state index contributed by atoms with van der Waals surface area (Å²) in [7, 11) is 1.84. The summed E-state index contributed by atoms with van der Waals surface area (Å²) in [4.78, 5) is 19.4. The number of hydrogen-bond acceptors (Lipinski definition) is 3. The lowest BCUT2D eigenvalue weighted by Gasteiger charge is -2.28. The lowest BCUT2D eigenvalue weighted by Crippen LogP contribution is -2.38. The second-order valence-corrected chi connectivity index (χ2v) is 6.10. The van der Waals surface area contributed by atoms with Crippen molar-refractivity contribution in [1.82, 2.24) is 9.88 Å². The van der Waals surface area contributed by atoms with E-state index in [0.29, 0.717) is 12.0 Å². The molecule has 0 aliphatic heterocycles. The van der Waals surface area contributed by atoms with E-state index in [-0.39, 0.29) is 5.91 Å². The van der Waals surface area contributed by atoms with E-state index in [0.717, 1.165) is 36.5 Å². The smallest absolute Gasteiger partial charge is 0.254 e. The zero-order valence-electron chi connectivity index (χ0n) is 13.6. The molecule has 1 aromatic heterocycles. The maximum Gasteiger partial charge on any atom is 0.254 e. The van der Waals surface area contributed by atoms with Crippen LogP contribution in [0.15, 0.2) is 12.1 Å². The number of aromatic nitrogens is 1. The maximum atomic E-state index is 12.9. The van der Waals surface area contributed by atoms with Gasteiger partial charge in [0.05, 0.1) is 0 Å². The predicted molar refractivity (Wildman–Crippen MR) is 86.8 cm³/mol. The van der Waals surface area contributed by atoms with E-state index in [2.05, 4.69) is 31.1 Å². The summed E-state index contributed by atoms with van der Waals surface area (Å²) in [5.41, 5.74) is 1.72. The van der Waals surface area contributed by atoms with Crippen LogP contribution < -0.4 is 5.32 Å². The number of anilines is 1. The van der Waals surface area contributed by atoms with Gasteiger partial charge >= 0.3 is 0 Å². The third kappa shape index (κ3) is 3.55. The number of hydrogen-bond donors (Lipinski definition) is 1. The van der Waals surface area contributed by atoms with E-state index < -0.39 is 0 Å². The number of nitrogens with zero attached hydrogens (tertiary/aromatic N) is 2. The Bertz CT molecular complexity index is 493. The summed E-state index contributed by atoms with van der Waals surface area (Å²) >= 11 is 0. The van der Waals surface area contributed by atoms with Crippen LogP contribution in [-0.2, 0) is 0 Å². The van der Waals surface area contributed by atoms with Crippen molar-refractivity contribution >= 4 is 11.7 Å². The molecule has 0 unspecified atom stereocenters. The van der Waals surface area contributed by atoms with Gasteiger partial charge in [-0.25, -0.2) is 4.98 Å². The van der Waals surface area contributed by atoms with Gasteiger partial charge in [-0.2, -0.15) is 0 Å². The van der Waals surface area contributed by atoms with Crippen LogP contribution >= 0.6 is 0 Å². The largest absolute Gasteiger partial charge is 0.373 e. The van der Waals surface area contributed by atoms with Gasteiger partial charge in [0.25, 0.3) is 5.91 Å². The Morgan fingerprint density at radius 3 is 2.57 bits per heavy atom. The third-order valence-electron chi connectivity index (χ3n) is 4.31. The van der Waals surface area contributed by atoms with Crippen molar-refractivity contribution in [2.24, 2.45) is 0 Å². The second kappa shape index (κ2) is 6.92. The first-order chi connectivity index (χ1) is 10.1. The van der Waals surface area contributed by atoms with E-state index in [4.69, 9.17) is 0 Å². The van der Waals surface area contributed by atoms with Crippen LogP contribution in [0.5, 0.6) is 0 Å². The lowest BCUT2D eigenvalue weighted by atomic mass is 10.1. The van der Waals surface area contributed by atoms with E-state index in [1.165, 1.54) is 12.8 Å². The highest BCUT2D eigenvalue weighted by molar-refractivity contribution is 5.95. The van der Waals surface area contributed by atoms with E-state index >= 15 is 0 Å². The molecule has 0 spiro atoms. The number of carbonyl (C=O) groups is 1. The van der Waals surface area contributed by atoms with Crippen LogP contribution in [0, 0.1) is 0 Å². The average molecular weight is 289 g/mol. The fraction of sp³-hybridized carbons (Fsp3) is 0.647.